The van der Waals surface area contributed by atoms with Gasteiger partial charge in [-0.15, -0.1) is 0 Å². The number of benzene rings is 1. The van der Waals surface area contributed by atoms with Gasteiger partial charge in [-0.1, -0.05) is 12.5 Å². The summed E-state index contributed by atoms with van der Waals surface area (Å²) in [6, 6.07) is 7.34. The molecule has 4 heterocycles. The third-order valence-corrected chi connectivity index (χ3v) is 7.02. The van der Waals surface area contributed by atoms with Gasteiger partial charge in [0, 0.05) is 50.7 Å². The van der Waals surface area contributed by atoms with Gasteiger partial charge in [-0.3, -0.25) is 9.88 Å². The summed E-state index contributed by atoms with van der Waals surface area (Å²) in [4.78, 5) is 19.4. The van der Waals surface area contributed by atoms with E-state index in [-0.39, 0.29) is 0 Å². The summed E-state index contributed by atoms with van der Waals surface area (Å²) in [5.41, 5.74) is 4.40. The van der Waals surface area contributed by atoms with E-state index in [0.29, 0.717) is 0 Å². The molecule has 3 aromatic rings. The molecule has 6 nitrogen and oxygen atoms in total. The van der Waals surface area contributed by atoms with E-state index in [4.69, 9.17) is 9.97 Å². The molecule has 0 spiro atoms. The third kappa shape index (κ3) is 3.10. The zero-order chi connectivity index (χ0) is 19.2. The summed E-state index contributed by atoms with van der Waals surface area (Å²) in [5, 5.41) is 0. The largest absolute Gasteiger partial charge is 0.355 e. The Morgan fingerprint density at radius 2 is 1.76 bits per heavy atom. The fourth-order valence-corrected chi connectivity index (χ4v) is 5.05. The molecule has 29 heavy (non-hydrogen) atoms. The molecule has 150 valence electrons. The van der Waals surface area contributed by atoms with Crippen molar-refractivity contribution < 1.29 is 0 Å². The molecule has 0 radical (unpaired) electrons. The molecule has 0 atom stereocenters. The summed E-state index contributed by atoms with van der Waals surface area (Å²) in [7, 11) is 0. The van der Waals surface area contributed by atoms with Crippen LogP contribution < -0.4 is 4.90 Å². The SMILES string of the molecule is c1cc2nc3n(c2cc1-c1cnc(N2CCCC2)cn1)CCN(C1CCC1)CC3. The summed E-state index contributed by atoms with van der Waals surface area (Å²) in [6.07, 6.45) is 11.6. The highest BCUT2D eigenvalue weighted by Gasteiger charge is 2.27. The van der Waals surface area contributed by atoms with E-state index in [1.165, 1.54) is 43.4 Å². The van der Waals surface area contributed by atoms with Crippen molar-refractivity contribution in [2.24, 2.45) is 0 Å². The molecule has 1 aliphatic carbocycles. The number of fused-ring (bicyclic) bond motifs is 3. The zero-order valence-electron chi connectivity index (χ0n) is 16.9. The zero-order valence-corrected chi connectivity index (χ0v) is 16.9. The second kappa shape index (κ2) is 7.10. The van der Waals surface area contributed by atoms with Gasteiger partial charge in [0.05, 0.1) is 29.1 Å². The summed E-state index contributed by atoms with van der Waals surface area (Å²) in [5.74, 6) is 2.23. The van der Waals surface area contributed by atoms with E-state index in [1.54, 1.807) is 0 Å². The smallest absolute Gasteiger partial charge is 0.147 e. The molecule has 6 rings (SSSR count). The van der Waals surface area contributed by atoms with Crippen LogP contribution in [0.2, 0.25) is 0 Å². The standard InChI is InChI=1S/C23H28N6/c1-2-10-28(9-1)23-16-24-20(15-25-23)17-6-7-19-21(14-17)29-13-12-27(18-4-3-5-18)11-8-22(29)26-19/h6-7,14-16,18H,1-5,8-13H2. The molecule has 0 amide bonds. The van der Waals surface area contributed by atoms with Crippen molar-refractivity contribution in [1.29, 1.82) is 0 Å². The second-order valence-corrected chi connectivity index (χ2v) is 8.71. The highest BCUT2D eigenvalue weighted by atomic mass is 15.2. The Kier molecular flexibility index (Phi) is 4.26. The molecule has 1 saturated heterocycles. The number of anilines is 1. The molecule has 2 aliphatic heterocycles. The molecule has 0 unspecified atom stereocenters. The molecule has 0 bridgehead atoms. The lowest BCUT2D eigenvalue weighted by molar-refractivity contribution is 0.130. The molecule has 1 aromatic carbocycles. The molecule has 2 aromatic heterocycles. The third-order valence-electron chi connectivity index (χ3n) is 7.02. The van der Waals surface area contributed by atoms with E-state index in [0.717, 1.165) is 67.8 Å². The Bertz CT molecular complexity index is 1010. The van der Waals surface area contributed by atoms with Crippen LogP contribution in [0.5, 0.6) is 0 Å². The number of aromatic nitrogens is 4. The van der Waals surface area contributed by atoms with E-state index in [1.807, 2.05) is 12.4 Å². The Morgan fingerprint density at radius 1 is 0.862 bits per heavy atom. The molecule has 3 aliphatic rings. The fourth-order valence-electron chi connectivity index (χ4n) is 5.05. The number of nitrogens with zero attached hydrogens (tertiary/aromatic N) is 6. The summed E-state index contributed by atoms with van der Waals surface area (Å²) < 4.78 is 2.43. The van der Waals surface area contributed by atoms with Crippen molar-refractivity contribution in [3.8, 4) is 11.3 Å². The minimum Gasteiger partial charge on any atom is -0.355 e. The first-order chi connectivity index (χ1) is 14.3. The predicted octanol–water partition coefficient (Wildman–Crippen LogP) is 3.50. The number of hydrogen-bond acceptors (Lipinski definition) is 5. The van der Waals surface area contributed by atoms with E-state index in [2.05, 4.69) is 37.5 Å². The second-order valence-electron chi connectivity index (χ2n) is 8.71. The van der Waals surface area contributed by atoms with Crippen molar-refractivity contribution in [2.75, 3.05) is 31.1 Å². The first-order valence-electron chi connectivity index (χ1n) is 11.2. The Labute approximate surface area is 171 Å². The van der Waals surface area contributed by atoms with Crippen LogP contribution in [0.4, 0.5) is 5.82 Å². The Morgan fingerprint density at radius 3 is 2.52 bits per heavy atom. The Balaban J connectivity index is 1.28. The van der Waals surface area contributed by atoms with Crippen molar-refractivity contribution in [1.82, 2.24) is 24.4 Å². The number of rotatable bonds is 3. The van der Waals surface area contributed by atoms with Crippen LogP contribution in [0.1, 0.15) is 37.9 Å². The topological polar surface area (TPSA) is 50.1 Å². The van der Waals surface area contributed by atoms with Crippen LogP contribution in [-0.2, 0) is 13.0 Å². The lowest BCUT2D eigenvalue weighted by Gasteiger charge is -2.36. The van der Waals surface area contributed by atoms with Crippen LogP contribution in [0.3, 0.4) is 0 Å². The van der Waals surface area contributed by atoms with Gasteiger partial charge in [0.1, 0.15) is 11.6 Å². The van der Waals surface area contributed by atoms with Gasteiger partial charge in [0.2, 0.25) is 0 Å². The Hall–Kier alpha value is -2.47. The molecule has 2 fully saturated rings. The van der Waals surface area contributed by atoms with Crippen LogP contribution in [0.15, 0.2) is 30.6 Å². The molecular formula is C23H28N6. The number of imidazole rings is 1. The molecule has 1 saturated carbocycles. The molecule has 0 N–H and O–H groups in total. The van der Waals surface area contributed by atoms with Gasteiger partial charge in [-0.25, -0.2) is 9.97 Å². The van der Waals surface area contributed by atoms with Gasteiger partial charge in [0.15, 0.2) is 0 Å². The van der Waals surface area contributed by atoms with Gasteiger partial charge in [-0.05, 0) is 37.8 Å². The quantitative estimate of drug-likeness (QED) is 0.687. The predicted molar refractivity (Wildman–Crippen MR) is 115 cm³/mol. The van der Waals surface area contributed by atoms with E-state index in [9.17, 15) is 0 Å². The highest BCUT2D eigenvalue weighted by Crippen LogP contribution is 2.29. The van der Waals surface area contributed by atoms with Crippen molar-refractivity contribution in [2.45, 2.75) is 51.1 Å². The minimum atomic E-state index is 0.811. The maximum atomic E-state index is 4.95. The van der Waals surface area contributed by atoms with E-state index >= 15 is 0 Å². The van der Waals surface area contributed by atoms with E-state index < -0.39 is 0 Å². The van der Waals surface area contributed by atoms with Gasteiger partial charge >= 0.3 is 0 Å². The van der Waals surface area contributed by atoms with Crippen LogP contribution in [0.25, 0.3) is 22.3 Å². The highest BCUT2D eigenvalue weighted by molar-refractivity contribution is 5.82. The normalized spacial score (nSPS) is 20.6. The van der Waals surface area contributed by atoms with Crippen molar-refractivity contribution in [3.63, 3.8) is 0 Å². The monoisotopic (exact) mass is 388 g/mol. The van der Waals surface area contributed by atoms with Gasteiger partial charge in [0.25, 0.3) is 0 Å². The lowest BCUT2D eigenvalue weighted by Crippen LogP contribution is -2.41. The maximum absolute atomic E-state index is 4.95. The molecular weight excluding hydrogens is 360 g/mol. The first kappa shape index (κ1) is 17.4. The van der Waals surface area contributed by atoms with Crippen LogP contribution in [-0.4, -0.2) is 56.6 Å². The van der Waals surface area contributed by atoms with Gasteiger partial charge in [-0.2, -0.15) is 0 Å². The maximum Gasteiger partial charge on any atom is 0.147 e. The average Bonchev–Trinajstić information content (AvgIpc) is 3.32. The average molecular weight is 389 g/mol. The fraction of sp³-hybridized carbons (Fsp3) is 0.522. The van der Waals surface area contributed by atoms with Crippen molar-refractivity contribution in [3.05, 3.63) is 36.4 Å². The molecule has 6 heteroatoms. The van der Waals surface area contributed by atoms with Crippen LogP contribution >= 0.6 is 0 Å². The minimum absolute atomic E-state index is 0.811. The van der Waals surface area contributed by atoms with Crippen LogP contribution in [0, 0.1) is 0 Å². The van der Waals surface area contributed by atoms with Crippen molar-refractivity contribution >= 4 is 16.9 Å². The first-order valence-corrected chi connectivity index (χ1v) is 11.2. The summed E-state index contributed by atoms with van der Waals surface area (Å²) in [6.45, 7) is 5.51. The summed E-state index contributed by atoms with van der Waals surface area (Å²) >= 11 is 0. The number of hydrogen-bond donors (Lipinski definition) is 0. The lowest BCUT2D eigenvalue weighted by atomic mass is 9.91. The van der Waals surface area contributed by atoms with Gasteiger partial charge < -0.3 is 9.47 Å².